The molecule has 0 bridgehead atoms. The first kappa shape index (κ1) is 19.0. The number of unbranched alkanes of at least 4 members (excludes halogenated alkanes) is 7. The SMILES string of the molecule is CCCCCCCCCCOc1ccc2c(c1)C(=O)/C(=C\[Se])C2=O. The number of fused-ring (bicyclic) bond motifs is 1. The second-order valence-corrected chi connectivity index (χ2v) is 6.72. The van der Waals surface area contributed by atoms with Crippen LogP contribution in [0.2, 0.25) is 0 Å². The maximum atomic E-state index is 12.1. The topological polar surface area (TPSA) is 43.4 Å². The molecule has 1 aliphatic rings. The number of allylic oxidation sites excluding steroid dienone is 1. The zero-order valence-electron chi connectivity index (χ0n) is 14.3. The van der Waals surface area contributed by atoms with Crippen LogP contribution < -0.4 is 4.74 Å². The Labute approximate surface area is 152 Å². The van der Waals surface area contributed by atoms with Crippen LogP contribution >= 0.6 is 0 Å². The van der Waals surface area contributed by atoms with Crippen LogP contribution in [0.15, 0.2) is 28.7 Å². The number of carbonyl (C=O) groups excluding carboxylic acids is 2. The van der Waals surface area contributed by atoms with E-state index in [9.17, 15) is 9.59 Å². The van der Waals surface area contributed by atoms with Crippen molar-refractivity contribution in [3.63, 3.8) is 0 Å². The fourth-order valence-corrected chi connectivity index (χ4v) is 3.37. The van der Waals surface area contributed by atoms with E-state index in [1.54, 1.807) is 18.2 Å². The van der Waals surface area contributed by atoms with Crippen molar-refractivity contribution in [3.05, 3.63) is 39.9 Å². The predicted octanol–water partition coefficient (Wildman–Crippen LogP) is 4.64. The molecule has 0 heterocycles. The fourth-order valence-electron chi connectivity index (χ4n) is 2.93. The summed E-state index contributed by atoms with van der Waals surface area (Å²) in [5.74, 6) is 0.244. The van der Waals surface area contributed by atoms with Gasteiger partial charge in [-0.2, -0.15) is 0 Å². The molecule has 0 spiro atoms. The molecule has 129 valence electrons. The van der Waals surface area contributed by atoms with E-state index >= 15 is 0 Å². The van der Waals surface area contributed by atoms with Gasteiger partial charge in [0.25, 0.3) is 0 Å². The number of benzene rings is 1. The van der Waals surface area contributed by atoms with E-state index < -0.39 is 0 Å². The van der Waals surface area contributed by atoms with Crippen molar-refractivity contribution < 1.29 is 14.3 Å². The molecular weight excluding hydrogens is 367 g/mol. The van der Waals surface area contributed by atoms with Gasteiger partial charge in [-0.05, 0) is 0 Å². The van der Waals surface area contributed by atoms with Gasteiger partial charge in [0, 0.05) is 0 Å². The third-order valence-corrected chi connectivity index (χ3v) is 4.85. The van der Waals surface area contributed by atoms with Crippen molar-refractivity contribution in [2.75, 3.05) is 6.61 Å². The summed E-state index contributed by atoms with van der Waals surface area (Å²) in [5, 5.41) is 0. The van der Waals surface area contributed by atoms with Gasteiger partial charge in [0.2, 0.25) is 0 Å². The van der Waals surface area contributed by atoms with Crippen LogP contribution in [-0.4, -0.2) is 34.2 Å². The van der Waals surface area contributed by atoms with Crippen LogP contribution in [0, 0.1) is 0 Å². The van der Waals surface area contributed by atoms with Crippen LogP contribution in [0.1, 0.15) is 79.0 Å². The first-order valence-corrected chi connectivity index (χ1v) is 9.86. The standard InChI is InChI=1S/C20H25O3Se/c1-2-3-4-5-6-7-8-9-12-23-15-10-11-16-17(13-15)20(22)18(14-24)19(16)21/h10-11,13-14H,2-9,12H2,1H3/b18-14-. The average Bonchev–Trinajstić information content (AvgIpc) is 2.83. The minimum absolute atomic E-state index is 0.205. The van der Waals surface area contributed by atoms with E-state index in [0.29, 0.717) is 23.5 Å². The molecule has 1 aliphatic carbocycles. The molecular formula is C20H25O3Se. The number of Topliss-reactive ketones (excluding diaryl/α,β-unsaturated/α-hetero) is 2. The molecule has 0 unspecified atom stereocenters. The van der Waals surface area contributed by atoms with Crippen LogP contribution in [0.5, 0.6) is 5.75 Å². The number of rotatable bonds is 10. The monoisotopic (exact) mass is 393 g/mol. The van der Waals surface area contributed by atoms with E-state index in [0.717, 1.165) is 6.42 Å². The Morgan fingerprint density at radius 2 is 1.54 bits per heavy atom. The van der Waals surface area contributed by atoms with Gasteiger partial charge in [-0.1, -0.05) is 32.6 Å². The number of hydrogen-bond donors (Lipinski definition) is 0. The molecule has 0 saturated heterocycles. The van der Waals surface area contributed by atoms with E-state index in [2.05, 4.69) is 22.9 Å². The van der Waals surface area contributed by atoms with Crippen molar-refractivity contribution in [1.82, 2.24) is 0 Å². The summed E-state index contributed by atoms with van der Waals surface area (Å²) in [7, 11) is 0. The third-order valence-electron chi connectivity index (χ3n) is 4.35. The summed E-state index contributed by atoms with van der Waals surface area (Å²) in [4.78, 5) is 25.6. The average molecular weight is 392 g/mol. The third kappa shape index (κ3) is 4.81. The number of hydrogen-bond acceptors (Lipinski definition) is 3. The molecule has 1 aromatic rings. The minimum atomic E-state index is -0.216. The number of ketones is 2. The van der Waals surface area contributed by atoms with Gasteiger partial charge in [-0.15, -0.1) is 0 Å². The molecule has 0 N–H and O–H groups in total. The van der Waals surface area contributed by atoms with Crippen molar-refractivity contribution >= 4 is 27.6 Å². The van der Waals surface area contributed by atoms with Crippen molar-refractivity contribution in [3.8, 4) is 5.75 Å². The van der Waals surface area contributed by atoms with Crippen LogP contribution in [0.25, 0.3) is 0 Å². The number of ether oxygens (including phenoxy) is 1. The Kier molecular flexibility index (Phi) is 7.74. The molecule has 0 saturated carbocycles. The van der Waals surface area contributed by atoms with Gasteiger partial charge in [0.05, 0.1) is 0 Å². The van der Waals surface area contributed by atoms with Crippen molar-refractivity contribution in [2.24, 2.45) is 0 Å². The second-order valence-electron chi connectivity index (χ2n) is 6.22. The summed E-state index contributed by atoms with van der Waals surface area (Å²) >= 11 is 2.63. The van der Waals surface area contributed by atoms with Crippen LogP contribution in [-0.2, 0) is 0 Å². The Morgan fingerprint density at radius 1 is 0.917 bits per heavy atom. The summed E-state index contributed by atoms with van der Waals surface area (Å²) in [6.45, 7) is 2.89. The first-order valence-electron chi connectivity index (χ1n) is 8.87. The summed E-state index contributed by atoms with van der Waals surface area (Å²) in [6.07, 6.45) is 10.1. The molecule has 2 rings (SSSR count). The molecule has 3 nitrogen and oxygen atoms in total. The van der Waals surface area contributed by atoms with Gasteiger partial charge in [0.1, 0.15) is 0 Å². The van der Waals surface area contributed by atoms with Crippen LogP contribution in [0.3, 0.4) is 0 Å². The van der Waals surface area contributed by atoms with Gasteiger partial charge < -0.3 is 0 Å². The van der Waals surface area contributed by atoms with E-state index in [-0.39, 0.29) is 17.1 Å². The number of carbonyl (C=O) groups is 2. The zero-order chi connectivity index (χ0) is 17.4. The van der Waals surface area contributed by atoms with Gasteiger partial charge in [-0.3, -0.25) is 0 Å². The van der Waals surface area contributed by atoms with Gasteiger partial charge in [-0.25, -0.2) is 0 Å². The molecule has 24 heavy (non-hydrogen) atoms. The Balaban J connectivity index is 1.73. The maximum absolute atomic E-state index is 12.1. The molecule has 1 radical (unpaired) electrons. The Morgan fingerprint density at radius 3 is 2.21 bits per heavy atom. The Hall–Kier alpha value is -1.38. The molecule has 1 aromatic carbocycles. The van der Waals surface area contributed by atoms with Crippen molar-refractivity contribution in [1.29, 1.82) is 0 Å². The normalized spacial score (nSPS) is 15.1. The molecule has 0 fully saturated rings. The molecule has 0 atom stereocenters. The Bertz CT molecular complexity index is 619. The quantitative estimate of drug-likeness (QED) is 0.252. The van der Waals surface area contributed by atoms with E-state index in [4.69, 9.17) is 4.74 Å². The van der Waals surface area contributed by atoms with Crippen molar-refractivity contribution in [2.45, 2.75) is 58.3 Å². The molecule has 0 amide bonds. The summed E-state index contributed by atoms with van der Waals surface area (Å²) in [5.41, 5.74) is 1.14. The van der Waals surface area contributed by atoms with E-state index in [1.165, 1.54) is 49.9 Å². The van der Waals surface area contributed by atoms with Crippen LogP contribution in [0.4, 0.5) is 0 Å². The van der Waals surface area contributed by atoms with E-state index in [1.807, 2.05) is 0 Å². The second kappa shape index (κ2) is 9.80. The summed E-state index contributed by atoms with van der Waals surface area (Å²) < 4.78 is 5.74. The first-order chi connectivity index (χ1) is 11.7. The van der Waals surface area contributed by atoms with Gasteiger partial charge >= 0.3 is 120 Å². The van der Waals surface area contributed by atoms with Gasteiger partial charge in [0.15, 0.2) is 0 Å². The summed E-state index contributed by atoms with van der Waals surface area (Å²) in [6, 6.07) is 5.16. The fraction of sp³-hybridized carbons (Fsp3) is 0.500. The zero-order valence-corrected chi connectivity index (χ0v) is 16.0. The predicted molar refractivity (Wildman–Crippen MR) is 97.0 cm³/mol. The molecule has 0 aliphatic heterocycles. The molecule has 0 aromatic heterocycles. The molecule has 4 heteroatoms.